The molecule has 1 N–H and O–H groups in total. The number of anilines is 1. The van der Waals surface area contributed by atoms with Crippen molar-refractivity contribution >= 4 is 12.0 Å². The number of hydrogen-bond donors (Lipinski definition) is 1. The van der Waals surface area contributed by atoms with Gasteiger partial charge in [-0.1, -0.05) is 0 Å². The third-order valence-electron chi connectivity index (χ3n) is 3.08. The molecule has 1 aliphatic heterocycles. The van der Waals surface area contributed by atoms with Gasteiger partial charge >= 0.3 is 6.09 Å². The maximum Gasteiger partial charge on any atom is 0.410 e. The van der Waals surface area contributed by atoms with Crippen LogP contribution in [0, 0.1) is 5.82 Å². The van der Waals surface area contributed by atoms with Gasteiger partial charge in [0.2, 0.25) is 11.8 Å². The number of hydrogen-bond acceptors (Lipinski definition) is 6. The van der Waals surface area contributed by atoms with Gasteiger partial charge < -0.3 is 19.7 Å². The third-order valence-corrected chi connectivity index (χ3v) is 3.08. The number of carbonyl (C=O) groups is 1. The summed E-state index contributed by atoms with van der Waals surface area (Å²) >= 11 is 0. The lowest BCUT2D eigenvalue weighted by Gasteiger charge is -2.24. The molecule has 0 spiro atoms. The highest BCUT2D eigenvalue weighted by molar-refractivity contribution is 5.68. The van der Waals surface area contributed by atoms with E-state index in [1.165, 1.54) is 7.11 Å². The predicted octanol–water partition coefficient (Wildman–Crippen LogP) is 2.05. The number of nitrogens with zero attached hydrogens (tertiary/aromatic N) is 3. The standard InChI is InChI=1S/C14H21FN4O3/c1-14(2,3)22-13(20)19-6-5-9(8-19)17-12-16-7-10(15)11(18-12)21-4/h7,9H,5-6,8H2,1-4H3,(H,16,17,18)/t9-/m1/s1. The van der Waals surface area contributed by atoms with Crippen molar-refractivity contribution in [1.82, 2.24) is 14.9 Å². The molecule has 0 saturated carbocycles. The van der Waals surface area contributed by atoms with Crippen molar-refractivity contribution in [1.29, 1.82) is 0 Å². The van der Waals surface area contributed by atoms with Crippen molar-refractivity contribution in [3.63, 3.8) is 0 Å². The molecule has 1 amide bonds. The number of ether oxygens (including phenoxy) is 2. The molecule has 1 aromatic heterocycles. The van der Waals surface area contributed by atoms with Crippen LogP contribution in [-0.4, -0.2) is 52.8 Å². The van der Waals surface area contributed by atoms with Gasteiger partial charge in [0.25, 0.3) is 5.88 Å². The zero-order chi connectivity index (χ0) is 16.3. The van der Waals surface area contributed by atoms with E-state index in [9.17, 15) is 9.18 Å². The SMILES string of the molecule is COc1nc(N[C@@H]2CCN(C(=O)OC(C)(C)C)C2)ncc1F. The number of rotatable bonds is 3. The van der Waals surface area contributed by atoms with Crippen molar-refractivity contribution < 1.29 is 18.7 Å². The Balaban J connectivity index is 1.92. The topological polar surface area (TPSA) is 76.6 Å². The molecule has 1 fully saturated rings. The molecule has 0 aromatic carbocycles. The number of carbonyl (C=O) groups excluding carboxylic acids is 1. The largest absolute Gasteiger partial charge is 0.479 e. The number of methoxy groups -OCH3 is 1. The van der Waals surface area contributed by atoms with E-state index in [0.29, 0.717) is 13.1 Å². The Bertz CT molecular complexity index is 547. The quantitative estimate of drug-likeness (QED) is 0.920. The molecular weight excluding hydrogens is 291 g/mol. The van der Waals surface area contributed by atoms with Gasteiger partial charge in [-0.25, -0.2) is 9.78 Å². The highest BCUT2D eigenvalue weighted by Crippen LogP contribution is 2.19. The van der Waals surface area contributed by atoms with Crippen LogP contribution in [0.3, 0.4) is 0 Å². The van der Waals surface area contributed by atoms with Crippen LogP contribution in [-0.2, 0) is 4.74 Å². The first-order chi connectivity index (χ1) is 10.3. The summed E-state index contributed by atoms with van der Waals surface area (Å²) in [4.78, 5) is 21.4. The molecule has 2 rings (SSSR count). The minimum Gasteiger partial charge on any atom is -0.479 e. The van der Waals surface area contributed by atoms with Crippen LogP contribution in [0.4, 0.5) is 15.1 Å². The molecule has 1 saturated heterocycles. The lowest BCUT2D eigenvalue weighted by atomic mass is 10.2. The van der Waals surface area contributed by atoms with Crippen molar-refractivity contribution in [2.45, 2.75) is 38.8 Å². The first-order valence-corrected chi connectivity index (χ1v) is 7.09. The third kappa shape index (κ3) is 4.19. The second kappa shape index (κ2) is 6.33. The second-order valence-electron chi connectivity index (χ2n) is 6.11. The first-order valence-electron chi connectivity index (χ1n) is 7.09. The van der Waals surface area contributed by atoms with Crippen molar-refractivity contribution in [3.8, 4) is 5.88 Å². The first kappa shape index (κ1) is 16.3. The van der Waals surface area contributed by atoms with Crippen molar-refractivity contribution in [2.24, 2.45) is 0 Å². The highest BCUT2D eigenvalue weighted by Gasteiger charge is 2.30. The van der Waals surface area contributed by atoms with E-state index in [1.807, 2.05) is 20.8 Å². The highest BCUT2D eigenvalue weighted by atomic mass is 19.1. The van der Waals surface area contributed by atoms with Crippen LogP contribution in [0.1, 0.15) is 27.2 Å². The molecule has 0 bridgehead atoms. The minimum absolute atomic E-state index is 0.0114. The van der Waals surface area contributed by atoms with Crippen LogP contribution in [0.15, 0.2) is 6.20 Å². The Morgan fingerprint density at radius 3 is 2.86 bits per heavy atom. The van der Waals surface area contributed by atoms with Gasteiger partial charge in [-0.05, 0) is 27.2 Å². The minimum atomic E-state index is -0.616. The second-order valence-corrected chi connectivity index (χ2v) is 6.11. The normalized spacial score (nSPS) is 18.2. The van der Waals surface area contributed by atoms with Gasteiger partial charge in [0.05, 0.1) is 13.3 Å². The van der Waals surface area contributed by atoms with E-state index >= 15 is 0 Å². The van der Waals surface area contributed by atoms with Gasteiger partial charge in [0.1, 0.15) is 5.60 Å². The molecule has 0 aliphatic carbocycles. The average Bonchev–Trinajstić information content (AvgIpc) is 2.87. The molecule has 1 aliphatic rings. The summed E-state index contributed by atoms with van der Waals surface area (Å²) < 4.78 is 23.4. The van der Waals surface area contributed by atoms with Gasteiger partial charge in [-0.2, -0.15) is 9.37 Å². The number of likely N-dealkylation sites (tertiary alicyclic amines) is 1. The van der Waals surface area contributed by atoms with E-state index in [2.05, 4.69) is 15.3 Å². The van der Waals surface area contributed by atoms with E-state index in [4.69, 9.17) is 9.47 Å². The van der Waals surface area contributed by atoms with E-state index in [0.717, 1.165) is 12.6 Å². The summed E-state index contributed by atoms with van der Waals surface area (Å²) in [7, 11) is 1.34. The zero-order valence-corrected chi connectivity index (χ0v) is 13.2. The van der Waals surface area contributed by atoms with Crippen LogP contribution < -0.4 is 10.1 Å². The summed E-state index contributed by atoms with van der Waals surface area (Å²) in [6, 6.07) is -0.0114. The molecule has 122 valence electrons. The number of aromatic nitrogens is 2. The van der Waals surface area contributed by atoms with E-state index < -0.39 is 11.4 Å². The molecular formula is C14H21FN4O3. The van der Waals surface area contributed by atoms with E-state index in [1.54, 1.807) is 4.90 Å². The number of halogens is 1. The number of nitrogens with one attached hydrogen (secondary N) is 1. The van der Waals surface area contributed by atoms with Gasteiger partial charge in [-0.15, -0.1) is 0 Å². The van der Waals surface area contributed by atoms with Crippen LogP contribution in [0.2, 0.25) is 0 Å². The fourth-order valence-corrected chi connectivity index (χ4v) is 2.12. The van der Waals surface area contributed by atoms with Crippen LogP contribution in [0.5, 0.6) is 5.88 Å². The van der Waals surface area contributed by atoms with Crippen LogP contribution >= 0.6 is 0 Å². The van der Waals surface area contributed by atoms with Crippen LogP contribution in [0.25, 0.3) is 0 Å². The Hall–Kier alpha value is -2.12. The molecule has 0 radical (unpaired) electrons. The molecule has 0 unspecified atom stereocenters. The molecule has 22 heavy (non-hydrogen) atoms. The Labute approximate surface area is 128 Å². The Kier molecular flexibility index (Phi) is 4.68. The lowest BCUT2D eigenvalue weighted by Crippen LogP contribution is -2.36. The van der Waals surface area contributed by atoms with Crippen molar-refractivity contribution in [2.75, 3.05) is 25.5 Å². The molecule has 1 aromatic rings. The Morgan fingerprint density at radius 1 is 1.50 bits per heavy atom. The summed E-state index contributed by atoms with van der Waals surface area (Å²) in [5.74, 6) is -0.455. The lowest BCUT2D eigenvalue weighted by molar-refractivity contribution is 0.0293. The number of amides is 1. The Morgan fingerprint density at radius 2 is 2.23 bits per heavy atom. The molecule has 2 heterocycles. The van der Waals surface area contributed by atoms with Crippen molar-refractivity contribution in [3.05, 3.63) is 12.0 Å². The van der Waals surface area contributed by atoms with Gasteiger partial charge in [-0.3, -0.25) is 0 Å². The van der Waals surface area contributed by atoms with E-state index in [-0.39, 0.29) is 24.0 Å². The molecule has 1 atom stereocenters. The summed E-state index contributed by atoms with van der Waals surface area (Å²) in [6.07, 6.45) is 1.45. The maximum atomic E-state index is 13.3. The zero-order valence-electron chi connectivity index (χ0n) is 13.2. The fraction of sp³-hybridized carbons (Fsp3) is 0.643. The monoisotopic (exact) mass is 312 g/mol. The van der Waals surface area contributed by atoms with Gasteiger partial charge in [0.15, 0.2) is 0 Å². The summed E-state index contributed by atoms with van der Waals surface area (Å²) in [5.41, 5.74) is -0.518. The molecule has 8 heteroatoms. The summed E-state index contributed by atoms with van der Waals surface area (Å²) in [5, 5.41) is 3.07. The average molecular weight is 312 g/mol. The molecule has 7 nitrogen and oxygen atoms in total. The summed E-state index contributed by atoms with van der Waals surface area (Å²) in [6.45, 7) is 6.56. The van der Waals surface area contributed by atoms with Gasteiger partial charge in [0, 0.05) is 19.1 Å². The maximum absolute atomic E-state index is 13.3. The fourth-order valence-electron chi connectivity index (χ4n) is 2.12. The smallest absolute Gasteiger partial charge is 0.410 e. The predicted molar refractivity (Wildman–Crippen MR) is 78.4 cm³/mol.